The van der Waals surface area contributed by atoms with Crippen molar-refractivity contribution in [3.05, 3.63) is 71.8 Å². The minimum atomic E-state index is -4.72. The van der Waals surface area contributed by atoms with Gasteiger partial charge in [0.2, 0.25) is 0 Å². The van der Waals surface area contributed by atoms with Gasteiger partial charge in [-0.2, -0.15) is 5.26 Å². The highest BCUT2D eigenvalue weighted by Crippen LogP contribution is 2.46. The Hall–Kier alpha value is -3.51. The number of halogens is 3. The normalized spacial score (nSPS) is 13.1. The molecule has 0 saturated heterocycles. The zero-order chi connectivity index (χ0) is 22.2. The number of nitriles is 1. The molecule has 0 fully saturated rings. The minimum absolute atomic E-state index is 0.0804. The van der Waals surface area contributed by atoms with Gasteiger partial charge < -0.3 is 9.84 Å². The molecule has 0 saturated carbocycles. The van der Waals surface area contributed by atoms with E-state index in [1.807, 2.05) is 33.9 Å². The molecule has 0 unspecified atom stereocenters. The van der Waals surface area contributed by atoms with E-state index in [1.165, 1.54) is 30.3 Å². The average Bonchev–Trinajstić information content (AvgIpc) is 3.03. The first kappa shape index (κ1) is 20.8. The molecule has 1 aliphatic rings. The van der Waals surface area contributed by atoms with Crippen LogP contribution in [0.2, 0.25) is 0 Å². The molecule has 1 aliphatic heterocycles. The maximum Gasteiger partial charge on any atom is 0.573 e. The molecule has 3 aromatic carbocycles. The zero-order valence-electron chi connectivity index (χ0n) is 16.2. The van der Waals surface area contributed by atoms with E-state index in [2.05, 4.69) is 10.8 Å². The lowest BCUT2D eigenvalue weighted by atomic mass is 9.99. The molecule has 1 heterocycles. The molecule has 31 heavy (non-hydrogen) atoms. The molecule has 9 heteroatoms. The number of hydrogen-bond donors (Lipinski definition) is 1. The van der Waals surface area contributed by atoms with Gasteiger partial charge in [-0.25, -0.2) is 0 Å². The van der Waals surface area contributed by atoms with Crippen molar-refractivity contribution in [1.82, 2.24) is 0 Å². The molecule has 4 rings (SSSR count). The highest BCUT2D eigenvalue weighted by molar-refractivity contribution is 8.02. The molecule has 0 aromatic heterocycles. The summed E-state index contributed by atoms with van der Waals surface area (Å²) in [6.07, 6.45) is -4.72. The Morgan fingerprint density at radius 2 is 1.77 bits per heavy atom. The maximum absolute atomic E-state index is 12.3. The van der Waals surface area contributed by atoms with E-state index in [1.54, 1.807) is 24.3 Å². The second-order valence-electron chi connectivity index (χ2n) is 6.85. The van der Waals surface area contributed by atoms with Gasteiger partial charge >= 0.3 is 6.36 Å². The SMILES string of the molecule is CN1SN(Cc2ccc(OC(F)(F)F)cc2)c2ccc(-c3cc(O)ccc3C#N)cc21. The van der Waals surface area contributed by atoms with Crippen molar-refractivity contribution >= 4 is 23.5 Å². The molecular formula is C22H16F3N3O2S. The van der Waals surface area contributed by atoms with Crippen LogP contribution in [0.3, 0.4) is 0 Å². The summed E-state index contributed by atoms with van der Waals surface area (Å²) < 4.78 is 44.9. The van der Waals surface area contributed by atoms with Crippen LogP contribution in [-0.2, 0) is 6.54 Å². The largest absolute Gasteiger partial charge is 0.573 e. The van der Waals surface area contributed by atoms with Gasteiger partial charge in [0, 0.05) is 12.6 Å². The lowest BCUT2D eigenvalue weighted by Gasteiger charge is -2.17. The van der Waals surface area contributed by atoms with Gasteiger partial charge in [-0.05, 0) is 53.6 Å². The minimum Gasteiger partial charge on any atom is -0.508 e. The molecule has 0 bridgehead atoms. The topological polar surface area (TPSA) is 59.7 Å². The van der Waals surface area contributed by atoms with Crippen LogP contribution < -0.4 is 13.3 Å². The maximum atomic E-state index is 12.3. The lowest BCUT2D eigenvalue weighted by molar-refractivity contribution is -0.274. The first-order chi connectivity index (χ1) is 14.7. The standard InChI is InChI=1S/C22H16F3N3O2S/c1-27-21-10-15(19-11-17(29)6-4-16(19)12-26)5-9-20(21)28(31-27)13-14-2-7-18(8-3-14)30-22(23,24)25/h2-11,29H,13H2,1H3. The van der Waals surface area contributed by atoms with E-state index in [4.69, 9.17) is 0 Å². The highest BCUT2D eigenvalue weighted by Gasteiger charge is 2.31. The van der Waals surface area contributed by atoms with Crippen LogP contribution in [0.5, 0.6) is 11.5 Å². The van der Waals surface area contributed by atoms with E-state index in [9.17, 15) is 23.5 Å². The van der Waals surface area contributed by atoms with Crippen LogP contribution >= 0.6 is 12.1 Å². The quantitative estimate of drug-likeness (QED) is 0.511. The molecular weight excluding hydrogens is 427 g/mol. The van der Waals surface area contributed by atoms with Crippen molar-refractivity contribution in [3.8, 4) is 28.7 Å². The van der Waals surface area contributed by atoms with Crippen molar-refractivity contribution < 1.29 is 23.0 Å². The third kappa shape index (κ3) is 4.49. The summed E-state index contributed by atoms with van der Waals surface area (Å²) in [4.78, 5) is 0. The Balaban J connectivity index is 1.58. The summed E-state index contributed by atoms with van der Waals surface area (Å²) in [6.45, 7) is 0.475. The van der Waals surface area contributed by atoms with Crippen molar-refractivity contribution in [2.75, 3.05) is 15.7 Å². The average molecular weight is 443 g/mol. The third-order valence-electron chi connectivity index (χ3n) is 4.72. The summed E-state index contributed by atoms with van der Waals surface area (Å²) in [5.41, 5.74) is 4.59. The molecule has 3 aromatic rings. The second-order valence-corrected chi connectivity index (χ2v) is 8.00. The van der Waals surface area contributed by atoms with Crippen LogP contribution in [0.4, 0.5) is 24.5 Å². The Morgan fingerprint density at radius 3 is 2.45 bits per heavy atom. The fourth-order valence-electron chi connectivity index (χ4n) is 3.33. The number of phenols is 1. The Morgan fingerprint density at radius 1 is 1.03 bits per heavy atom. The lowest BCUT2D eigenvalue weighted by Crippen LogP contribution is -2.17. The molecule has 0 radical (unpaired) electrons. The van der Waals surface area contributed by atoms with Crippen molar-refractivity contribution in [1.29, 1.82) is 5.26 Å². The number of phenolic OH excluding ortho intramolecular Hbond substituents is 1. The van der Waals surface area contributed by atoms with Gasteiger partial charge in [0.15, 0.2) is 0 Å². The first-order valence-electron chi connectivity index (χ1n) is 9.15. The Kier molecular flexibility index (Phi) is 5.33. The summed E-state index contributed by atoms with van der Waals surface area (Å²) in [5.74, 6) is -0.177. The monoisotopic (exact) mass is 443 g/mol. The molecule has 158 valence electrons. The van der Waals surface area contributed by atoms with Gasteiger partial charge in [0.05, 0.1) is 41.7 Å². The molecule has 5 nitrogen and oxygen atoms in total. The summed E-state index contributed by atoms with van der Waals surface area (Å²) >= 11 is 1.46. The predicted octanol–water partition coefficient (Wildman–Crippen LogP) is 5.85. The first-order valence-corrected chi connectivity index (χ1v) is 9.88. The second kappa shape index (κ2) is 7.96. The van der Waals surface area contributed by atoms with E-state index >= 15 is 0 Å². The number of nitrogens with zero attached hydrogens (tertiary/aromatic N) is 3. The van der Waals surface area contributed by atoms with Crippen molar-refractivity contribution in [2.45, 2.75) is 12.9 Å². The van der Waals surface area contributed by atoms with Gasteiger partial charge in [0.25, 0.3) is 0 Å². The fourth-order valence-corrected chi connectivity index (χ4v) is 4.31. The van der Waals surface area contributed by atoms with E-state index in [0.717, 1.165) is 22.5 Å². The molecule has 0 aliphatic carbocycles. The summed E-state index contributed by atoms with van der Waals surface area (Å²) in [6, 6.07) is 18.3. The molecule has 0 spiro atoms. The number of hydrogen-bond acceptors (Lipinski definition) is 6. The number of aromatic hydroxyl groups is 1. The molecule has 0 amide bonds. The van der Waals surface area contributed by atoms with E-state index < -0.39 is 6.36 Å². The van der Waals surface area contributed by atoms with Crippen molar-refractivity contribution in [2.24, 2.45) is 0 Å². The van der Waals surface area contributed by atoms with Gasteiger partial charge in [0.1, 0.15) is 11.5 Å². The molecule has 0 atom stereocenters. The van der Waals surface area contributed by atoms with Crippen LogP contribution in [0.25, 0.3) is 11.1 Å². The number of fused-ring (bicyclic) bond motifs is 1. The Labute approximate surface area is 181 Å². The van der Waals surface area contributed by atoms with Gasteiger partial charge in [-0.15, -0.1) is 13.2 Å². The van der Waals surface area contributed by atoms with Crippen LogP contribution in [0.15, 0.2) is 60.7 Å². The summed E-state index contributed by atoms with van der Waals surface area (Å²) in [5, 5.41) is 19.2. The van der Waals surface area contributed by atoms with Gasteiger partial charge in [-0.3, -0.25) is 8.61 Å². The van der Waals surface area contributed by atoms with Gasteiger partial charge in [-0.1, -0.05) is 18.2 Å². The van der Waals surface area contributed by atoms with Crippen LogP contribution in [-0.4, -0.2) is 18.5 Å². The number of ether oxygens (including phenoxy) is 1. The third-order valence-corrected chi connectivity index (χ3v) is 5.69. The Bertz CT molecular complexity index is 1160. The predicted molar refractivity (Wildman–Crippen MR) is 114 cm³/mol. The number of benzene rings is 3. The smallest absolute Gasteiger partial charge is 0.508 e. The van der Waals surface area contributed by atoms with Crippen LogP contribution in [0, 0.1) is 11.3 Å². The molecule has 1 N–H and O–H groups in total. The number of anilines is 2. The van der Waals surface area contributed by atoms with Crippen molar-refractivity contribution in [3.63, 3.8) is 0 Å². The zero-order valence-corrected chi connectivity index (χ0v) is 17.0. The number of alkyl halides is 3. The highest BCUT2D eigenvalue weighted by atomic mass is 32.2. The fraction of sp³-hybridized carbons (Fsp3) is 0.136. The van der Waals surface area contributed by atoms with E-state index in [-0.39, 0.29) is 11.5 Å². The number of rotatable bonds is 4. The van der Waals surface area contributed by atoms with E-state index in [0.29, 0.717) is 17.7 Å². The van der Waals surface area contributed by atoms with Crippen LogP contribution in [0.1, 0.15) is 11.1 Å². The summed E-state index contributed by atoms with van der Waals surface area (Å²) in [7, 11) is 1.90.